The molecule has 2 aromatic carbocycles. The summed E-state index contributed by atoms with van der Waals surface area (Å²) < 4.78 is 11.7. The summed E-state index contributed by atoms with van der Waals surface area (Å²) in [7, 11) is 0. The molecule has 140 valence electrons. The molecule has 3 rings (SSSR count). The molecule has 0 atom stereocenters. The fourth-order valence-electron chi connectivity index (χ4n) is 2.67. The van der Waals surface area contributed by atoms with Crippen LogP contribution in [0.25, 0.3) is 10.1 Å². The number of thiophene rings is 1. The van der Waals surface area contributed by atoms with Crippen LogP contribution in [0.15, 0.2) is 48.5 Å². The van der Waals surface area contributed by atoms with Gasteiger partial charge in [-0.3, -0.25) is 4.79 Å². The Balaban J connectivity index is 1.88. The smallest absolute Gasteiger partial charge is 0.341 e. The molecule has 1 amide bonds. The Hall–Kier alpha value is -2.86. The first-order chi connectivity index (χ1) is 13.0. The molecule has 0 aliphatic carbocycles. The number of hydrogen-bond donors (Lipinski definition) is 1. The van der Waals surface area contributed by atoms with Crippen LogP contribution in [0.1, 0.15) is 41.5 Å². The second kappa shape index (κ2) is 8.22. The molecule has 0 unspecified atom stereocenters. The molecule has 0 saturated carbocycles. The molecule has 1 aromatic heterocycles. The molecule has 27 heavy (non-hydrogen) atoms. The zero-order chi connectivity index (χ0) is 19.4. The number of rotatable bonds is 6. The van der Waals surface area contributed by atoms with Gasteiger partial charge in [-0.15, -0.1) is 11.3 Å². The topological polar surface area (TPSA) is 64.6 Å². The van der Waals surface area contributed by atoms with Crippen LogP contribution in [0.4, 0.5) is 5.00 Å². The highest BCUT2D eigenvalue weighted by molar-refractivity contribution is 7.23. The number of carbonyl (C=O) groups excluding carboxylic acids is 2. The molecule has 0 aliphatic rings. The van der Waals surface area contributed by atoms with E-state index < -0.39 is 5.97 Å². The first kappa shape index (κ1) is 18.9. The maximum atomic E-state index is 12.7. The maximum absolute atomic E-state index is 12.7. The van der Waals surface area contributed by atoms with Gasteiger partial charge in [-0.25, -0.2) is 4.79 Å². The molecule has 0 aliphatic heterocycles. The van der Waals surface area contributed by atoms with Crippen molar-refractivity contribution in [2.24, 2.45) is 0 Å². The Bertz CT molecular complexity index is 960. The number of nitrogens with one attached hydrogen (secondary N) is 1. The van der Waals surface area contributed by atoms with E-state index in [1.807, 2.05) is 38.1 Å². The largest absolute Gasteiger partial charge is 0.491 e. The van der Waals surface area contributed by atoms with Crippen molar-refractivity contribution in [1.82, 2.24) is 0 Å². The first-order valence-corrected chi connectivity index (χ1v) is 9.58. The minimum Gasteiger partial charge on any atom is -0.491 e. The average Bonchev–Trinajstić information content (AvgIpc) is 2.99. The maximum Gasteiger partial charge on any atom is 0.341 e. The molecule has 5 nitrogen and oxygen atoms in total. The molecule has 0 spiro atoms. The van der Waals surface area contributed by atoms with Gasteiger partial charge in [0.1, 0.15) is 16.3 Å². The SMILES string of the molecule is CCOC(=O)c1c(NC(=O)c2ccc(OC(C)C)cc2)sc2ccccc12. The number of fused-ring (bicyclic) bond motifs is 1. The zero-order valence-corrected chi connectivity index (χ0v) is 16.3. The molecule has 0 saturated heterocycles. The van der Waals surface area contributed by atoms with Gasteiger partial charge in [0.2, 0.25) is 0 Å². The van der Waals surface area contributed by atoms with Gasteiger partial charge < -0.3 is 14.8 Å². The molecule has 6 heteroatoms. The first-order valence-electron chi connectivity index (χ1n) is 8.76. The van der Waals surface area contributed by atoms with Gasteiger partial charge in [-0.1, -0.05) is 18.2 Å². The van der Waals surface area contributed by atoms with Crippen molar-refractivity contribution in [3.63, 3.8) is 0 Å². The van der Waals surface area contributed by atoms with Crippen molar-refractivity contribution in [3.8, 4) is 5.75 Å². The lowest BCUT2D eigenvalue weighted by atomic mass is 10.1. The van der Waals surface area contributed by atoms with Crippen LogP contribution in [0.3, 0.4) is 0 Å². The molecule has 1 heterocycles. The van der Waals surface area contributed by atoms with E-state index in [1.54, 1.807) is 31.2 Å². The number of amides is 1. The number of ether oxygens (including phenoxy) is 2. The van der Waals surface area contributed by atoms with E-state index in [0.29, 0.717) is 21.9 Å². The van der Waals surface area contributed by atoms with E-state index >= 15 is 0 Å². The van der Waals surface area contributed by atoms with Crippen LogP contribution >= 0.6 is 11.3 Å². The van der Waals surface area contributed by atoms with Crippen LogP contribution in [-0.2, 0) is 4.74 Å². The normalized spacial score (nSPS) is 10.8. The summed E-state index contributed by atoms with van der Waals surface area (Å²) in [5.41, 5.74) is 0.879. The predicted octanol–water partition coefficient (Wildman–Crippen LogP) is 5.12. The van der Waals surface area contributed by atoms with Gasteiger partial charge in [0.25, 0.3) is 5.91 Å². The third kappa shape index (κ3) is 4.28. The lowest BCUT2D eigenvalue weighted by Crippen LogP contribution is -2.14. The van der Waals surface area contributed by atoms with Gasteiger partial charge in [-0.2, -0.15) is 0 Å². The molecular formula is C21H21NO4S. The third-order valence-corrected chi connectivity index (χ3v) is 4.88. The van der Waals surface area contributed by atoms with Crippen LogP contribution < -0.4 is 10.1 Å². The summed E-state index contributed by atoms with van der Waals surface area (Å²) >= 11 is 1.36. The predicted molar refractivity (Wildman–Crippen MR) is 108 cm³/mol. The van der Waals surface area contributed by atoms with Gasteiger partial charge in [0, 0.05) is 15.6 Å². The minimum atomic E-state index is -0.439. The highest BCUT2D eigenvalue weighted by atomic mass is 32.1. The van der Waals surface area contributed by atoms with Crippen LogP contribution in [-0.4, -0.2) is 24.6 Å². The van der Waals surface area contributed by atoms with Gasteiger partial charge in [-0.05, 0) is 51.1 Å². The second-order valence-corrected chi connectivity index (χ2v) is 7.22. The van der Waals surface area contributed by atoms with Crippen LogP contribution in [0, 0.1) is 0 Å². The van der Waals surface area contributed by atoms with E-state index in [2.05, 4.69) is 5.32 Å². The van der Waals surface area contributed by atoms with Crippen LogP contribution in [0.5, 0.6) is 5.75 Å². The number of anilines is 1. The van der Waals surface area contributed by atoms with E-state index in [0.717, 1.165) is 10.1 Å². The fourth-order valence-corrected chi connectivity index (χ4v) is 3.76. The van der Waals surface area contributed by atoms with Crippen LogP contribution in [0.2, 0.25) is 0 Å². The highest BCUT2D eigenvalue weighted by Crippen LogP contribution is 2.36. The van der Waals surface area contributed by atoms with E-state index in [4.69, 9.17) is 9.47 Å². The van der Waals surface area contributed by atoms with Crippen molar-refractivity contribution >= 4 is 38.3 Å². The Morgan fingerprint density at radius 2 is 1.78 bits per heavy atom. The lowest BCUT2D eigenvalue weighted by molar-refractivity contribution is 0.0530. The van der Waals surface area contributed by atoms with Gasteiger partial charge in [0.05, 0.1) is 12.7 Å². The summed E-state index contributed by atoms with van der Waals surface area (Å²) in [5, 5.41) is 4.12. The summed E-state index contributed by atoms with van der Waals surface area (Å²) in [5.74, 6) is -0.0234. The van der Waals surface area contributed by atoms with E-state index in [9.17, 15) is 9.59 Å². The Kier molecular flexibility index (Phi) is 5.76. The number of hydrogen-bond acceptors (Lipinski definition) is 5. The molecular weight excluding hydrogens is 362 g/mol. The lowest BCUT2D eigenvalue weighted by Gasteiger charge is -2.10. The number of benzene rings is 2. The molecule has 0 bridgehead atoms. The third-order valence-electron chi connectivity index (χ3n) is 3.79. The van der Waals surface area contributed by atoms with Gasteiger partial charge >= 0.3 is 5.97 Å². The van der Waals surface area contributed by atoms with Crippen molar-refractivity contribution in [3.05, 3.63) is 59.7 Å². The molecule has 1 N–H and O–H groups in total. The summed E-state index contributed by atoms with van der Waals surface area (Å²) in [6.07, 6.45) is 0.0651. The average molecular weight is 383 g/mol. The van der Waals surface area contributed by atoms with E-state index in [1.165, 1.54) is 11.3 Å². The Morgan fingerprint density at radius 3 is 2.44 bits per heavy atom. The Labute approximate surface area is 161 Å². The highest BCUT2D eigenvalue weighted by Gasteiger charge is 2.21. The summed E-state index contributed by atoms with van der Waals surface area (Å²) in [6.45, 7) is 5.91. The zero-order valence-electron chi connectivity index (χ0n) is 15.4. The number of esters is 1. The number of carbonyl (C=O) groups is 2. The van der Waals surface area contributed by atoms with E-state index in [-0.39, 0.29) is 18.6 Å². The molecule has 3 aromatic rings. The second-order valence-electron chi connectivity index (χ2n) is 6.17. The standard InChI is InChI=1S/C21H21NO4S/c1-4-25-21(24)18-16-7-5-6-8-17(16)27-20(18)22-19(23)14-9-11-15(12-10-14)26-13(2)3/h5-13H,4H2,1-3H3,(H,22,23). The molecule has 0 radical (unpaired) electrons. The van der Waals surface area contributed by atoms with Crippen molar-refractivity contribution < 1.29 is 19.1 Å². The monoisotopic (exact) mass is 383 g/mol. The van der Waals surface area contributed by atoms with Crippen molar-refractivity contribution in [2.45, 2.75) is 26.9 Å². The Morgan fingerprint density at radius 1 is 1.07 bits per heavy atom. The summed E-state index contributed by atoms with van der Waals surface area (Å²) in [6, 6.07) is 14.4. The molecule has 0 fully saturated rings. The van der Waals surface area contributed by atoms with Crippen molar-refractivity contribution in [1.29, 1.82) is 0 Å². The fraction of sp³-hybridized carbons (Fsp3) is 0.238. The van der Waals surface area contributed by atoms with Gasteiger partial charge in [0.15, 0.2) is 0 Å². The van der Waals surface area contributed by atoms with Crippen molar-refractivity contribution in [2.75, 3.05) is 11.9 Å². The quantitative estimate of drug-likeness (QED) is 0.600. The summed E-state index contributed by atoms with van der Waals surface area (Å²) in [4.78, 5) is 25.1. The minimum absolute atomic E-state index is 0.0651.